The number of nitrogens with one attached hydrogen (secondary N) is 2. The van der Waals surface area contributed by atoms with Crippen molar-refractivity contribution in [3.8, 4) is 5.75 Å². The molecule has 0 bridgehead atoms. The molecule has 0 aliphatic rings. The quantitative estimate of drug-likeness (QED) is 0.377. The van der Waals surface area contributed by atoms with Crippen molar-refractivity contribution in [1.82, 2.24) is 14.4 Å². The van der Waals surface area contributed by atoms with E-state index in [9.17, 15) is 4.79 Å². The SMILES string of the molecule is Cc1c[nH]c2ccc(C(=O)c3cc4cc(OCCN(C)Cl)ccc4[nH]3)cc12. The van der Waals surface area contributed by atoms with Gasteiger partial charge in [0.1, 0.15) is 12.4 Å². The average Bonchev–Trinajstić information content (AvgIpc) is 3.24. The maximum absolute atomic E-state index is 12.9. The first kappa shape index (κ1) is 17.6. The molecule has 0 saturated carbocycles. The minimum Gasteiger partial charge on any atom is -0.492 e. The predicted molar refractivity (Wildman–Crippen MR) is 109 cm³/mol. The smallest absolute Gasteiger partial charge is 0.209 e. The molecule has 6 heteroatoms. The van der Waals surface area contributed by atoms with Crippen LogP contribution in [0.25, 0.3) is 21.8 Å². The molecule has 2 heterocycles. The molecule has 0 atom stereocenters. The average molecular weight is 382 g/mol. The standard InChI is InChI=1S/C21H20ClN3O2/c1-13-12-23-19-5-3-14(10-17(13)19)21(26)20-11-15-9-16(4-6-18(15)24-20)27-8-7-25(2)22/h3-6,9-12,23-24H,7-8H2,1-2H3. The summed E-state index contributed by atoms with van der Waals surface area (Å²) in [6.07, 6.45) is 1.95. The fourth-order valence-corrected chi connectivity index (χ4v) is 3.24. The molecule has 0 amide bonds. The molecular weight excluding hydrogens is 362 g/mol. The van der Waals surface area contributed by atoms with Crippen LogP contribution in [0.5, 0.6) is 5.75 Å². The number of H-pyrrole nitrogens is 2. The number of carbonyl (C=O) groups is 1. The molecule has 0 fully saturated rings. The van der Waals surface area contributed by atoms with Crippen molar-refractivity contribution in [2.24, 2.45) is 0 Å². The monoisotopic (exact) mass is 381 g/mol. The fraction of sp³-hybridized carbons (Fsp3) is 0.190. The third-order valence-electron chi connectivity index (χ3n) is 4.66. The first-order valence-corrected chi connectivity index (χ1v) is 9.10. The van der Waals surface area contributed by atoms with Crippen molar-refractivity contribution < 1.29 is 9.53 Å². The number of aryl methyl sites for hydroxylation is 1. The first-order chi connectivity index (χ1) is 13.0. The predicted octanol–water partition coefficient (Wildman–Crippen LogP) is 4.65. The van der Waals surface area contributed by atoms with E-state index in [2.05, 4.69) is 9.97 Å². The summed E-state index contributed by atoms with van der Waals surface area (Å²) < 4.78 is 7.25. The van der Waals surface area contributed by atoms with Crippen LogP contribution >= 0.6 is 11.8 Å². The van der Waals surface area contributed by atoms with Crippen LogP contribution in [0.15, 0.2) is 48.7 Å². The Morgan fingerprint density at radius 2 is 1.96 bits per heavy atom. The normalized spacial score (nSPS) is 11.6. The second-order valence-electron chi connectivity index (χ2n) is 6.67. The molecule has 0 spiro atoms. The van der Waals surface area contributed by atoms with E-state index in [0.717, 1.165) is 33.1 Å². The number of ether oxygens (including phenoxy) is 1. The zero-order valence-electron chi connectivity index (χ0n) is 15.2. The topological polar surface area (TPSA) is 61.1 Å². The largest absolute Gasteiger partial charge is 0.492 e. The minimum atomic E-state index is -0.0278. The molecule has 2 aromatic heterocycles. The highest BCUT2D eigenvalue weighted by Gasteiger charge is 2.14. The molecule has 5 nitrogen and oxygen atoms in total. The highest BCUT2D eigenvalue weighted by atomic mass is 35.5. The van der Waals surface area contributed by atoms with E-state index in [4.69, 9.17) is 16.5 Å². The molecule has 0 aliphatic heterocycles. The number of fused-ring (bicyclic) bond motifs is 2. The van der Waals surface area contributed by atoms with Crippen molar-refractivity contribution in [1.29, 1.82) is 0 Å². The van der Waals surface area contributed by atoms with Crippen molar-refractivity contribution >= 4 is 39.4 Å². The van der Waals surface area contributed by atoms with Gasteiger partial charge in [-0.3, -0.25) is 4.79 Å². The number of ketones is 1. The van der Waals surface area contributed by atoms with Gasteiger partial charge in [-0.05, 0) is 66.7 Å². The molecule has 0 saturated heterocycles. The van der Waals surface area contributed by atoms with Gasteiger partial charge in [-0.25, -0.2) is 4.42 Å². The number of nitrogens with zero attached hydrogens (tertiary/aromatic N) is 1. The summed E-state index contributed by atoms with van der Waals surface area (Å²) in [6, 6.07) is 13.3. The number of aromatic nitrogens is 2. The third-order valence-corrected chi connectivity index (χ3v) is 4.82. The highest BCUT2D eigenvalue weighted by Crippen LogP contribution is 2.25. The molecule has 4 rings (SSSR count). The van der Waals surface area contributed by atoms with Gasteiger partial charge in [0.25, 0.3) is 0 Å². The van der Waals surface area contributed by atoms with E-state index in [-0.39, 0.29) is 5.78 Å². The van der Waals surface area contributed by atoms with Crippen LogP contribution in [0.3, 0.4) is 0 Å². The molecule has 2 aromatic carbocycles. The van der Waals surface area contributed by atoms with E-state index in [1.165, 1.54) is 0 Å². The van der Waals surface area contributed by atoms with E-state index in [0.29, 0.717) is 24.4 Å². The summed E-state index contributed by atoms with van der Waals surface area (Å²) in [6.45, 7) is 3.15. The van der Waals surface area contributed by atoms with E-state index in [1.807, 2.05) is 55.6 Å². The fourth-order valence-electron chi connectivity index (χ4n) is 3.17. The summed E-state index contributed by atoms with van der Waals surface area (Å²) in [7, 11) is 1.78. The number of hydrogen-bond donors (Lipinski definition) is 2. The number of likely N-dealkylation sites (N-methyl/N-ethyl adjacent to an activating group) is 1. The van der Waals surface area contributed by atoms with Crippen molar-refractivity contribution in [2.75, 3.05) is 20.2 Å². The van der Waals surface area contributed by atoms with Gasteiger partial charge >= 0.3 is 0 Å². The lowest BCUT2D eigenvalue weighted by atomic mass is 10.0. The van der Waals surface area contributed by atoms with Crippen LogP contribution in [-0.4, -0.2) is 40.4 Å². The number of carbonyl (C=O) groups excluding carboxylic acids is 1. The number of hydrogen-bond acceptors (Lipinski definition) is 3. The summed E-state index contributed by atoms with van der Waals surface area (Å²) in [4.78, 5) is 19.3. The number of aromatic amines is 2. The van der Waals surface area contributed by atoms with Gasteiger partial charge in [-0.15, -0.1) is 0 Å². The Balaban J connectivity index is 1.60. The maximum atomic E-state index is 12.9. The second kappa shape index (κ2) is 7.10. The van der Waals surface area contributed by atoms with Gasteiger partial charge in [-0.2, -0.15) is 0 Å². The number of rotatable bonds is 6. The van der Waals surface area contributed by atoms with Crippen molar-refractivity contribution in [3.63, 3.8) is 0 Å². The summed E-state index contributed by atoms with van der Waals surface area (Å²) in [5, 5.41) is 2.01. The molecule has 0 unspecified atom stereocenters. The Hall–Kier alpha value is -2.76. The molecule has 4 aromatic rings. The molecular formula is C21H20ClN3O2. The third kappa shape index (κ3) is 3.56. The molecule has 2 N–H and O–H groups in total. The Labute approximate surface area is 162 Å². The molecule has 0 radical (unpaired) electrons. The summed E-state index contributed by atoms with van der Waals surface area (Å²) in [5.41, 5.74) is 4.29. The van der Waals surface area contributed by atoms with Gasteiger partial charge in [0, 0.05) is 47.2 Å². The molecule has 27 heavy (non-hydrogen) atoms. The van der Waals surface area contributed by atoms with Crippen molar-refractivity contribution in [3.05, 3.63) is 65.5 Å². The number of halogens is 1. The first-order valence-electron chi connectivity index (χ1n) is 8.76. The van der Waals surface area contributed by atoms with Crippen LogP contribution in [0.2, 0.25) is 0 Å². The van der Waals surface area contributed by atoms with E-state index >= 15 is 0 Å². The number of benzene rings is 2. The summed E-state index contributed by atoms with van der Waals surface area (Å²) in [5.74, 6) is 0.725. The van der Waals surface area contributed by atoms with E-state index in [1.54, 1.807) is 11.5 Å². The van der Waals surface area contributed by atoms with Crippen LogP contribution in [0.4, 0.5) is 0 Å². The van der Waals surface area contributed by atoms with Crippen LogP contribution < -0.4 is 4.74 Å². The Kier molecular flexibility index (Phi) is 4.64. The van der Waals surface area contributed by atoms with Gasteiger partial charge < -0.3 is 14.7 Å². The van der Waals surface area contributed by atoms with Gasteiger partial charge in [0.2, 0.25) is 5.78 Å². The zero-order valence-corrected chi connectivity index (χ0v) is 15.9. The Morgan fingerprint density at radius 3 is 2.78 bits per heavy atom. The van der Waals surface area contributed by atoms with Crippen LogP contribution in [0.1, 0.15) is 21.6 Å². The van der Waals surface area contributed by atoms with Gasteiger partial charge in [0.05, 0.1) is 5.69 Å². The maximum Gasteiger partial charge on any atom is 0.209 e. The lowest BCUT2D eigenvalue weighted by molar-refractivity contribution is 0.103. The minimum absolute atomic E-state index is 0.0278. The lowest BCUT2D eigenvalue weighted by Gasteiger charge is -2.08. The Bertz CT molecular complexity index is 1130. The highest BCUT2D eigenvalue weighted by molar-refractivity contribution is 6.13. The second-order valence-corrected chi connectivity index (χ2v) is 7.25. The lowest BCUT2D eigenvalue weighted by Crippen LogP contribution is -2.14. The van der Waals surface area contributed by atoms with Gasteiger partial charge in [0.15, 0.2) is 0 Å². The summed E-state index contributed by atoms with van der Waals surface area (Å²) >= 11 is 5.78. The molecule has 0 aliphatic carbocycles. The van der Waals surface area contributed by atoms with E-state index < -0.39 is 0 Å². The van der Waals surface area contributed by atoms with Gasteiger partial charge in [-0.1, -0.05) is 0 Å². The molecule has 138 valence electrons. The van der Waals surface area contributed by atoms with Crippen LogP contribution in [-0.2, 0) is 0 Å². The van der Waals surface area contributed by atoms with Crippen LogP contribution in [0, 0.1) is 6.92 Å². The van der Waals surface area contributed by atoms with Crippen molar-refractivity contribution in [2.45, 2.75) is 6.92 Å². The Morgan fingerprint density at radius 1 is 1.15 bits per heavy atom. The zero-order chi connectivity index (χ0) is 19.0.